The molecule has 0 aliphatic carbocycles. The number of carbonyl (C=O) groups is 1. The van der Waals surface area contributed by atoms with Gasteiger partial charge in [0.25, 0.3) is 5.91 Å². The molecule has 3 rings (SSSR count). The molecule has 1 N–H and O–H groups in total. The van der Waals surface area contributed by atoms with E-state index >= 15 is 0 Å². The summed E-state index contributed by atoms with van der Waals surface area (Å²) in [6, 6.07) is 13.9. The van der Waals surface area contributed by atoms with E-state index in [1.54, 1.807) is 22.9 Å². The lowest BCUT2D eigenvalue weighted by Gasteiger charge is -2.11. The number of hydrogen-bond acceptors (Lipinski definition) is 2. The van der Waals surface area contributed by atoms with Crippen LogP contribution in [0.2, 0.25) is 0 Å². The molecule has 0 radical (unpaired) electrons. The van der Waals surface area contributed by atoms with E-state index in [2.05, 4.69) is 23.4 Å². The Labute approximate surface area is 159 Å². The zero-order valence-corrected chi connectivity index (χ0v) is 15.9. The molecule has 0 saturated carbocycles. The van der Waals surface area contributed by atoms with Gasteiger partial charge < -0.3 is 5.32 Å². The number of aromatic nitrogens is 2. The van der Waals surface area contributed by atoms with Gasteiger partial charge in [-0.2, -0.15) is 5.10 Å². The molecule has 5 heteroatoms. The molecule has 0 unspecified atom stereocenters. The van der Waals surface area contributed by atoms with Crippen LogP contribution in [-0.2, 0) is 0 Å². The Balaban J connectivity index is 2.06. The van der Waals surface area contributed by atoms with E-state index in [4.69, 9.17) is 0 Å². The normalized spacial score (nSPS) is 10.8. The first-order valence-electron chi connectivity index (χ1n) is 9.21. The van der Waals surface area contributed by atoms with E-state index in [-0.39, 0.29) is 11.7 Å². The third kappa shape index (κ3) is 4.25. The highest BCUT2D eigenvalue weighted by atomic mass is 19.1. The lowest BCUT2D eigenvalue weighted by molar-refractivity contribution is 0.0945. The van der Waals surface area contributed by atoms with Crippen molar-refractivity contribution in [1.29, 1.82) is 0 Å². The third-order valence-electron chi connectivity index (χ3n) is 4.48. The van der Waals surface area contributed by atoms with Gasteiger partial charge in [0.15, 0.2) is 0 Å². The van der Waals surface area contributed by atoms with Gasteiger partial charge >= 0.3 is 0 Å². The maximum absolute atomic E-state index is 13.3. The standard InChI is InChI=1S/C22H24FN3O/c1-4-5-12-24-22(27)21-14-19(17-7-9-18(23)10-8-17)25-26(21)20-11-6-15(2)13-16(20)3/h6-11,13-14H,4-5,12H2,1-3H3,(H,24,27). The van der Waals surface area contributed by atoms with Crippen LogP contribution in [0.4, 0.5) is 4.39 Å². The number of hydrogen-bond donors (Lipinski definition) is 1. The van der Waals surface area contributed by atoms with E-state index in [1.165, 1.54) is 12.1 Å². The summed E-state index contributed by atoms with van der Waals surface area (Å²) in [5.74, 6) is -0.464. The number of halogens is 1. The number of benzene rings is 2. The van der Waals surface area contributed by atoms with Crippen LogP contribution in [0.1, 0.15) is 41.4 Å². The van der Waals surface area contributed by atoms with Crippen molar-refractivity contribution in [3.63, 3.8) is 0 Å². The molecule has 0 aliphatic rings. The molecule has 0 fully saturated rings. The molecule has 3 aromatic rings. The fraction of sp³-hybridized carbons (Fsp3) is 0.273. The lowest BCUT2D eigenvalue weighted by Crippen LogP contribution is -2.26. The second-order valence-corrected chi connectivity index (χ2v) is 6.73. The number of aryl methyl sites for hydroxylation is 2. The van der Waals surface area contributed by atoms with Crippen molar-refractivity contribution in [3.8, 4) is 16.9 Å². The maximum atomic E-state index is 13.3. The van der Waals surface area contributed by atoms with Gasteiger partial charge in [0, 0.05) is 12.1 Å². The summed E-state index contributed by atoms with van der Waals surface area (Å²) in [4.78, 5) is 12.8. The molecule has 0 atom stereocenters. The first-order valence-corrected chi connectivity index (χ1v) is 9.21. The van der Waals surface area contributed by atoms with Gasteiger partial charge in [0.1, 0.15) is 11.5 Å². The fourth-order valence-corrected chi connectivity index (χ4v) is 3.00. The van der Waals surface area contributed by atoms with Crippen molar-refractivity contribution in [1.82, 2.24) is 15.1 Å². The average Bonchev–Trinajstić information content (AvgIpc) is 3.07. The Bertz CT molecular complexity index is 945. The van der Waals surface area contributed by atoms with Crippen LogP contribution in [0, 0.1) is 19.7 Å². The SMILES string of the molecule is CCCCNC(=O)c1cc(-c2ccc(F)cc2)nn1-c1ccc(C)cc1C. The van der Waals surface area contributed by atoms with Crippen molar-refractivity contribution in [3.05, 3.63) is 71.2 Å². The Morgan fingerprint density at radius 3 is 2.52 bits per heavy atom. The molecule has 0 spiro atoms. The highest BCUT2D eigenvalue weighted by Crippen LogP contribution is 2.24. The summed E-state index contributed by atoms with van der Waals surface area (Å²) < 4.78 is 14.9. The van der Waals surface area contributed by atoms with Crippen molar-refractivity contribution in [2.75, 3.05) is 6.54 Å². The van der Waals surface area contributed by atoms with Gasteiger partial charge in [0.2, 0.25) is 0 Å². The second kappa shape index (κ2) is 8.16. The summed E-state index contributed by atoms with van der Waals surface area (Å²) in [7, 11) is 0. The predicted molar refractivity (Wildman–Crippen MR) is 106 cm³/mol. The largest absolute Gasteiger partial charge is 0.351 e. The molecule has 0 aliphatic heterocycles. The number of nitrogens with one attached hydrogen (secondary N) is 1. The molecular formula is C22H24FN3O. The van der Waals surface area contributed by atoms with E-state index < -0.39 is 0 Å². The molecule has 0 saturated heterocycles. The monoisotopic (exact) mass is 365 g/mol. The predicted octanol–water partition coefficient (Wildman–Crippen LogP) is 4.83. The summed E-state index contributed by atoms with van der Waals surface area (Å²) in [5.41, 5.74) is 4.91. The molecule has 1 heterocycles. The van der Waals surface area contributed by atoms with Crippen LogP contribution in [-0.4, -0.2) is 22.2 Å². The van der Waals surface area contributed by atoms with Crippen LogP contribution in [0.15, 0.2) is 48.5 Å². The van der Waals surface area contributed by atoms with E-state index in [0.29, 0.717) is 17.9 Å². The number of amides is 1. The summed E-state index contributed by atoms with van der Waals surface area (Å²) in [5, 5.41) is 7.61. The number of carbonyl (C=O) groups excluding carboxylic acids is 1. The zero-order valence-electron chi connectivity index (χ0n) is 15.9. The van der Waals surface area contributed by atoms with Crippen molar-refractivity contribution in [2.45, 2.75) is 33.6 Å². The summed E-state index contributed by atoms with van der Waals surface area (Å²) >= 11 is 0. The summed E-state index contributed by atoms with van der Waals surface area (Å²) in [6.07, 6.45) is 1.94. The number of unbranched alkanes of at least 4 members (excludes halogenated alkanes) is 1. The Hall–Kier alpha value is -2.95. The average molecular weight is 365 g/mol. The molecule has 140 valence electrons. The van der Waals surface area contributed by atoms with Gasteiger partial charge in [0.05, 0.1) is 11.4 Å². The van der Waals surface area contributed by atoms with Crippen molar-refractivity contribution in [2.24, 2.45) is 0 Å². The van der Waals surface area contributed by atoms with Gasteiger partial charge in [-0.3, -0.25) is 4.79 Å². The topological polar surface area (TPSA) is 46.9 Å². The highest BCUT2D eigenvalue weighted by Gasteiger charge is 2.18. The van der Waals surface area contributed by atoms with Gasteiger partial charge in [-0.1, -0.05) is 31.0 Å². The van der Waals surface area contributed by atoms with Crippen LogP contribution < -0.4 is 5.32 Å². The van der Waals surface area contributed by atoms with Crippen LogP contribution >= 0.6 is 0 Å². The minimum Gasteiger partial charge on any atom is -0.351 e. The fourth-order valence-electron chi connectivity index (χ4n) is 3.00. The van der Waals surface area contributed by atoms with Crippen LogP contribution in [0.25, 0.3) is 16.9 Å². The molecular weight excluding hydrogens is 341 g/mol. The van der Waals surface area contributed by atoms with Gasteiger partial charge in [-0.15, -0.1) is 0 Å². The zero-order chi connectivity index (χ0) is 19.4. The second-order valence-electron chi connectivity index (χ2n) is 6.73. The Kier molecular flexibility index (Phi) is 5.69. The van der Waals surface area contributed by atoms with Gasteiger partial charge in [-0.05, 0) is 62.2 Å². The molecule has 2 aromatic carbocycles. The molecule has 1 amide bonds. The van der Waals surface area contributed by atoms with Gasteiger partial charge in [-0.25, -0.2) is 9.07 Å². The number of rotatable bonds is 6. The smallest absolute Gasteiger partial charge is 0.270 e. The maximum Gasteiger partial charge on any atom is 0.270 e. The van der Waals surface area contributed by atoms with Crippen LogP contribution in [0.5, 0.6) is 0 Å². The Morgan fingerprint density at radius 2 is 1.85 bits per heavy atom. The quantitative estimate of drug-likeness (QED) is 0.636. The highest BCUT2D eigenvalue weighted by molar-refractivity contribution is 5.94. The molecule has 27 heavy (non-hydrogen) atoms. The van der Waals surface area contributed by atoms with E-state index in [1.807, 2.05) is 26.0 Å². The first kappa shape index (κ1) is 18.8. The van der Waals surface area contributed by atoms with Crippen molar-refractivity contribution >= 4 is 5.91 Å². The Morgan fingerprint density at radius 1 is 1.11 bits per heavy atom. The molecule has 1 aromatic heterocycles. The first-order chi connectivity index (χ1) is 13.0. The lowest BCUT2D eigenvalue weighted by atomic mass is 10.1. The minimum atomic E-state index is -0.301. The minimum absolute atomic E-state index is 0.163. The molecule has 4 nitrogen and oxygen atoms in total. The van der Waals surface area contributed by atoms with E-state index in [9.17, 15) is 9.18 Å². The van der Waals surface area contributed by atoms with Crippen LogP contribution in [0.3, 0.4) is 0 Å². The summed E-state index contributed by atoms with van der Waals surface area (Å²) in [6.45, 7) is 6.74. The van der Waals surface area contributed by atoms with E-state index in [0.717, 1.165) is 35.2 Å². The third-order valence-corrected chi connectivity index (χ3v) is 4.48. The van der Waals surface area contributed by atoms with Crippen molar-refractivity contribution < 1.29 is 9.18 Å². The number of nitrogens with zero attached hydrogens (tertiary/aromatic N) is 2. The molecule has 0 bridgehead atoms.